The van der Waals surface area contributed by atoms with Crippen LogP contribution in [0.2, 0.25) is 0 Å². The van der Waals surface area contributed by atoms with Crippen LogP contribution in [-0.4, -0.2) is 28.8 Å². The van der Waals surface area contributed by atoms with Crippen molar-refractivity contribution in [2.45, 2.75) is 46.7 Å². The molecule has 1 amide bonds. The van der Waals surface area contributed by atoms with Gasteiger partial charge in [0.1, 0.15) is 0 Å². The lowest BCUT2D eigenvalue weighted by Gasteiger charge is -2.18. The van der Waals surface area contributed by atoms with E-state index in [-0.39, 0.29) is 24.7 Å². The lowest BCUT2D eigenvalue weighted by Crippen LogP contribution is -2.29. The summed E-state index contributed by atoms with van der Waals surface area (Å²) >= 11 is 0. The van der Waals surface area contributed by atoms with Crippen molar-refractivity contribution in [3.63, 3.8) is 0 Å². The minimum atomic E-state index is -0.541. The van der Waals surface area contributed by atoms with Gasteiger partial charge in [-0.25, -0.2) is 0 Å². The summed E-state index contributed by atoms with van der Waals surface area (Å²) in [6, 6.07) is 18.9. The number of hydrogen-bond acceptors (Lipinski definition) is 4. The molecule has 0 aliphatic carbocycles. The second-order valence-electron chi connectivity index (χ2n) is 8.31. The smallest absolute Gasteiger partial charge is 0.308 e. The maximum atomic E-state index is 12.8. The minimum Gasteiger partial charge on any atom is -0.457 e. The summed E-state index contributed by atoms with van der Waals surface area (Å²) in [5, 5.41) is 2.78. The molecule has 0 bridgehead atoms. The summed E-state index contributed by atoms with van der Waals surface area (Å²) < 4.78 is 7.37. The highest BCUT2D eigenvalue weighted by Crippen LogP contribution is 2.20. The fraction of sp³-hybridized carbons (Fsp3) is 0.296. The Bertz CT molecular complexity index is 1130. The molecule has 33 heavy (non-hydrogen) atoms. The number of benzene rings is 2. The summed E-state index contributed by atoms with van der Waals surface area (Å²) in [4.78, 5) is 36.9. The molecule has 0 aliphatic rings. The van der Waals surface area contributed by atoms with E-state index in [1.165, 1.54) is 6.92 Å². The van der Waals surface area contributed by atoms with E-state index in [2.05, 4.69) is 9.88 Å². The predicted octanol–water partition coefficient (Wildman–Crippen LogP) is 4.46. The van der Waals surface area contributed by atoms with Crippen LogP contribution in [0.25, 0.3) is 0 Å². The lowest BCUT2D eigenvalue weighted by molar-refractivity contribution is -0.143. The van der Waals surface area contributed by atoms with E-state index >= 15 is 0 Å². The van der Waals surface area contributed by atoms with Gasteiger partial charge in [-0.2, -0.15) is 0 Å². The Kier molecular flexibility index (Phi) is 7.83. The van der Waals surface area contributed by atoms with Crippen LogP contribution in [0.5, 0.6) is 0 Å². The maximum Gasteiger partial charge on any atom is 0.308 e. The van der Waals surface area contributed by atoms with Gasteiger partial charge in [0, 0.05) is 30.4 Å². The molecule has 3 rings (SSSR count). The number of aryl methyl sites for hydroxylation is 2. The van der Waals surface area contributed by atoms with Crippen LogP contribution >= 0.6 is 0 Å². The average molecular weight is 447 g/mol. The van der Waals surface area contributed by atoms with Gasteiger partial charge in [0.15, 0.2) is 6.61 Å². The molecule has 0 saturated carbocycles. The molecule has 0 saturated heterocycles. The first-order chi connectivity index (χ1) is 15.7. The second-order valence-corrected chi connectivity index (χ2v) is 8.31. The van der Waals surface area contributed by atoms with E-state index in [1.807, 2.05) is 81.4 Å². The van der Waals surface area contributed by atoms with Crippen LogP contribution in [0.4, 0.5) is 0 Å². The van der Waals surface area contributed by atoms with Gasteiger partial charge < -0.3 is 14.6 Å². The minimum absolute atomic E-state index is 0.0526. The second kappa shape index (κ2) is 10.8. The van der Waals surface area contributed by atoms with Gasteiger partial charge in [-0.3, -0.25) is 14.4 Å². The van der Waals surface area contributed by atoms with E-state index in [4.69, 9.17) is 4.74 Å². The Morgan fingerprint density at radius 2 is 1.64 bits per heavy atom. The van der Waals surface area contributed by atoms with Gasteiger partial charge >= 0.3 is 5.97 Å². The van der Waals surface area contributed by atoms with Crippen molar-refractivity contribution in [2.24, 2.45) is 0 Å². The lowest BCUT2D eigenvalue weighted by atomic mass is 10.0. The number of carbonyl (C=O) groups is 3. The fourth-order valence-electron chi connectivity index (χ4n) is 3.84. The van der Waals surface area contributed by atoms with Gasteiger partial charge in [0.25, 0.3) is 0 Å². The van der Waals surface area contributed by atoms with E-state index in [0.29, 0.717) is 12.1 Å². The van der Waals surface area contributed by atoms with Crippen LogP contribution < -0.4 is 5.32 Å². The largest absolute Gasteiger partial charge is 0.457 e. The third-order valence-electron chi connectivity index (χ3n) is 5.65. The summed E-state index contributed by atoms with van der Waals surface area (Å²) in [6.07, 6.45) is -0.0526. The zero-order valence-corrected chi connectivity index (χ0v) is 19.6. The number of amides is 1. The van der Waals surface area contributed by atoms with Crippen molar-refractivity contribution in [2.75, 3.05) is 6.61 Å². The molecule has 1 unspecified atom stereocenters. The molecule has 1 atom stereocenters. The first-order valence-corrected chi connectivity index (χ1v) is 11.0. The number of aromatic nitrogens is 1. The Balaban J connectivity index is 1.63. The van der Waals surface area contributed by atoms with E-state index in [9.17, 15) is 14.4 Å². The molecule has 6 heteroatoms. The molecule has 0 spiro atoms. The topological polar surface area (TPSA) is 77.4 Å². The number of ketones is 1. The highest BCUT2D eigenvalue weighted by atomic mass is 16.5. The zero-order chi connectivity index (χ0) is 24.0. The van der Waals surface area contributed by atoms with Gasteiger partial charge in [-0.05, 0) is 38.0 Å². The van der Waals surface area contributed by atoms with Crippen molar-refractivity contribution in [1.29, 1.82) is 0 Å². The standard InChI is InChI=1S/C27H30N2O4/c1-18-10-12-23(13-11-18)25(28-21(4)30)15-27(32)33-17-26(31)24-14-19(2)29(20(24)3)16-22-8-6-5-7-9-22/h5-14,25H,15-17H2,1-4H3,(H,28,30). The van der Waals surface area contributed by atoms with Gasteiger partial charge in [0.2, 0.25) is 11.7 Å². The van der Waals surface area contributed by atoms with Crippen molar-refractivity contribution in [1.82, 2.24) is 9.88 Å². The molecule has 0 fully saturated rings. The zero-order valence-electron chi connectivity index (χ0n) is 19.6. The van der Waals surface area contributed by atoms with Gasteiger partial charge in [-0.1, -0.05) is 60.2 Å². The third-order valence-corrected chi connectivity index (χ3v) is 5.65. The number of rotatable bonds is 9. The molecule has 1 heterocycles. The van der Waals surface area contributed by atoms with E-state index < -0.39 is 12.0 Å². The third kappa shape index (κ3) is 6.42. The monoisotopic (exact) mass is 446 g/mol. The Morgan fingerprint density at radius 3 is 2.27 bits per heavy atom. The Morgan fingerprint density at radius 1 is 0.970 bits per heavy atom. The molecular weight excluding hydrogens is 416 g/mol. The molecule has 172 valence electrons. The number of Topliss-reactive ketones (excluding diaryl/α,β-unsaturated/α-hetero) is 1. The molecule has 3 aromatic rings. The molecule has 1 aromatic heterocycles. The summed E-state index contributed by atoms with van der Waals surface area (Å²) in [5.41, 5.74) is 5.39. The van der Waals surface area contributed by atoms with Crippen molar-refractivity contribution >= 4 is 17.7 Å². The molecule has 2 aromatic carbocycles. The van der Waals surface area contributed by atoms with Crippen molar-refractivity contribution < 1.29 is 19.1 Å². The van der Waals surface area contributed by atoms with Crippen LogP contribution in [0.15, 0.2) is 60.7 Å². The first-order valence-electron chi connectivity index (χ1n) is 11.0. The number of esters is 1. The number of hydrogen-bond donors (Lipinski definition) is 1. The van der Waals surface area contributed by atoms with Crippen LogP contribution in [-0.2, 0) is 20.9 Å². The molecular formula is C27H30N2O4. The van der Waals surface area contributed by atoms with E-state index in [0.717, 1.165) is 28.1 Å². The Labute approximate surface area is 194 Å². The quantitative estimate of drug-likeness (QED) is 0.389. The maximum absolute atomic E-state index is 12.8. The molecule has 0 aliphatic heterocycles. The highest BCUT2D eigenvalue weighted by molar-refractivity contribution is 5.99. The normalized spacial score (nSPS) is 11.6. The SMILES string of the molecule is CC(=O)NC(CC(=O)OCC(=O)c1cc(C)n(Cc2ccccc2)c1C)c1ccc(C)cc1. The van der Waals surface area contributed by atoms with Gasteiger partial charge in [0.05, 0.1) is 12.5 Å². The van der Waals surface area contributed by atoms with Crippen LogP contribution in [0.3, 0.4) is 0 Å². The van der Waals surface area contributed by atoms with Crippen LogP contribution in [0, 0.1) is 20.8 Å². The fourth-order valence-corrected chi connectivity index (χ4v) is 3.84. The molecule has 1 N–H and O–H groups in total. The van der Waals surface area contributed by atoms with Crippen molar-refractivity contribution in [3.8, 4) is 0 Å². The Hall–Kier alpha value is -3.67. The van der Waals surface area contributed by atoms with Gasteiger partial charge in [-0.15, -0.1) is 0 Å². The number of ether oxygens (including phenoxy) is 1. The number of nitrogens with zero attached hydrogens (tertiary/aromatic N) is 1. The van der Waals surface area contributed by atoms with E-state index in [1.54, 1.807) is 0 Å². The summed E-state index contributed by atoms with van der Waals surface area (Å²) in [6.45, 7) is 7.55. The molecule has 6 nitrogen and oxygen atoms in total. The highest BCUT2D eigenvalue weighted by Gasteiger charge is 2.21. The van der Waals surface area contributed by atoms with Crippen LogP contribution in [0.1, 0.15) is 57.8 Å². The number of nitrogens with one attached hydrogen (secondary N) is 1. The summed E-state index contributed by atoms with van der Waals surface area (Å²) in [7, 11) is 0. The number of carbonyl (C=O) groups excluding carboxylic acids is 3. The van der Waals surface area contributed by atoms with Crippen molar-refractivity contribution in [3.05, 3.63) is 94.3 Å². The first kappa shape index (κ1) is 24.0. The average Bonchev–Trinajstić information content (AvgIpc) is 3.06. The summed E-state index contributed by atoms with van der Waals surface area (Å²) in [5.74, 6) is -1.03. The molecule has 0 radical (unpaired) electrons. The predicted molar refractivity (Wildman–Crippen MR) is 127 cm³/mol.